The van der Waals surface area contributed by atoms with Crippen molar-refractivity contribution >= 4 is 23.0 Å². The van der Waals surface area contributed by atoms with Crippen LogP contribution in [0.25, 0.3) is 0 Å². The molecule has 0 aliphatic rings. The Morgan fingerprint density at radius 3 is 2.22 bits per heavy atom. The number of hydrogen-bond acceptors (Lipinski definition) is 4. The summed E-state index contributed by atoms with van der Waals surface area (Å²) >= 11 is 1.38. The molecule has 3 aromatic rings. The second-order valence-corrected chi connectivity index (χ2v) is 7.40. The molecule has 0 radical (unpaired) electrons. The van der Waals surface area contributed by atoms with Gasteiger partial charge in [-0.2, -0.15) is 0 Å². The summed E-state index contributed by atoms with van der Waals surface area (Å²) in [6.45, 7) is 0.456. The van der Waals surface area contributed by atoms with Gasteiger partial charge in [0.25, 0.3) is 5.91 Å². The van der Waals surface area contributed by atoms with Crippen LogP contribution >= 0.6 is 11.3 Å². The molecule has 1 unspecified atom stereocenters. The molecule has 2 aromatic carbocycles. The summed E-state index contributed by atoms with van der Waals surface area (Å²) in [6.07, 6.45) is 0. The van der Waals surface area contributed by atoms with Crippen molar-refractivity contribution in [1.29, 1.82) is 0 Å². The number of carbonyl (C=O) groups excluding carboxylic acids is 2. The fourth-order valence-corrected chi connectivity index (χ4v) is 3.66. The average Bonchev–Trinajstić information content (AvgIpc) is 3.23. The van der Waals surface area contributed by atoms with Gasteiger partial charge < -0.3 is 10.2 Å². The van der Waals surface area contributed by atoms with E-state index in [1.54, 1.807) is 30.3 Å². The van der Waals surface area contributed by atoms with Crippen LogP contribution in [0.2, 0.25) is 0 Å². The number of carbonyl (C=O) groups is 2. The molecule has 1 heterocycles. The fraction of sp³-hybridized carbons (Fsp3) is 0.182. The number of amides is 1. The van der Waals surface area contributed by atoms with E-state index >= 15 is 0 Å². The van der Waals surface area contributed by atoms with Gasteiger partial charge >= 0.3 is 0 Å². The molecule has 0 spiro atoms. The SMILES string of the molecule is CN(C)C(CNC(=O)c1ccccc1C(=O)c1cccs1)c1ccccc1. The summed E-state index contributed by atoms with van der Waals surface area (Å²) in [5, 5.41) is 4.85. The third-order valence-electron chi connectivity index (χ3n) is 4.42. The van der Waals surface area contributed by atoms with Crippen molar-refractivity contribution in [1.82, 2.24) is 10.2 Å². The van der Waals surface area contributed by atoms with Crippen molar-refractivity contribution < 1.29 is 9.59 Å². The molecular formula is C22H22N2O2S. The van der Waals surface area contributed by atoms with Crippen molar-refractivity contribution in [2.75, 3.05) is 20.6 Å². The van der Waals surface area contributed by atoms with Crippen LogP contribution in [0.15, 0.2) is 72.1 Å². The van der Waals surface area contributed by atoms with Gasteiger partial charge in [0.1, 0.15) is 0 Å². The Morgan fingerprint density at radius 2 is 1.59 bits per heavy atom. The molecule has 0 fully saturated rings. The summed E-state index contributed by atoms with van der Waals surface area (Å²) < 4.78 is 0. The van der Waals surface area contributed by atoms with E-state index in [4.69, 9.17) is 0 Å². The van der Waals surface area contributed by atoms with E-state index in [0.29, 0.717) is 22.5 Å². The zero-order valence-corrected chi connectivity index (χ0v) is 16.2. The molecule has 5 heteroatoms. The standard InChI is InChI=1S/C22H22N2O2S/c1-24(2)19(16-9-4-3-5-10-16)15-23-22(26)18-12-7-6-11-17(18)21(25)20-13-8-14-27-20/h3-14,19H,15H2,1-2H3,(H,23,26). The Kier molecular flexibility index (Phi) is 6.16. The molecule has 3 rings (SSSR count). The summed E-state index contributed by atoms with van der Waals surface area (Å²) in [7, 11) is 3.97. The number of thiophene rings is 1. The zero-order valence-electron chi connectivity index (χ0n) is 15.4. The summed E-state index contributed by atoms with van der Waals surface area (Å²) in [4.78, 5) is 28.2. The van der Waals surface area contributed by atoms with Crippen LogP contribution in [0, 0.1) is 0 Å². The van der Waals surface area contributed by atoms with Crippen molar-refractivity contribution in [3.05, 3.63) is 93.7 Å². The van der Waals surface area contributed by atoms with Crippen LogP contribution in [0.5, 0.6) is 0 Å². The van der Waals surface area contributed by atoms with Crippen molar-refractivity contribution in [3.8, 4) is 0 Å². The molecule has 1 atom stereocenters. The highest BCUT2D eigenvalue weighted by atomic mass is 32.1. The number of ketones is 1. The minimum atomic E-state index is -0.238. The number of hydrogen-bond donors (Lipinski definition) is 1. The average molecular weight is 378 g/mol. The Balaban J connectivity index is 1.78. The molecule has 1 aromatic heterocycles. The second-order valence-electron chi connectivity index (χ2n) is 6.45. The molecule has 0 saturated heterocycles. The molecule has 1 amide bonds. The van der Waals surface area contributed by atoms with Crippen LogP contribution in [-0.2, 0) is 0 Å². The van der Waals surface area contributed by atoms with Gasteiger partial charge in [-0.15, -0.1) is 11.3 Å². The predicted octanol–water partition coefficient (Wildman–Crippen LogP) is 4.01. The lowest BCUT2D eigenvalue weighted by Crippen LogP contribution is -2.35. The normalized spacial score (nSPS) is 12.0. The van der Waals surface area contributed by atoms with Crippen LogP contribution in [0.1, 0.15) is 37.2 Å². The van der Waals surface area contributed by atoms with E-state index in [1.807, 2.05) is 55.9 Å². The number of rotatable bonds is 7. The highest BCUT2D eigenvalue weighted by Crippen LogP contribution is 2.20. The first-order valence-electron chi connectivity index (χ1n) is 8.74. The number of nitrogens with zero attached hydrogens (tertiary/aromatic N) is 1. The Hall–Kier alpha value is -2.76. The molecule has 0 bridgehead atoms. The lowest BCUT2D eigenvalue weighted by atomic mass is 10.0. The summed E-state index contributed by atoms with van der Waals surface area (Å²) in [5.41, 5.74) is 1.96. The van der Waals surface area contributed by atoms with Gasteiger partial charge in [-0.25, -0.2) is 0 Å². The van der Waals surface area contributed by atoms with E-state index in [1.165, 1.54) is 11.3 Å². The highest BCUT2D eigenvalue weighted by Gasteiger charge is 2.20. The number of nitrogens with one attached hydrogen (secondary N) is 1. The van der Waals surface area contributed by atoms with Gasteiger partial charge in [0.15, 0.2) is 0 Å². The van der Waals surface area contributed by atoms with Gasteiger partial charge in [-0.05, 0) is 37.2 Å². The van der Waals surface area contributed by atoms with E-state index in [0.717, 1.165) is 5.56 Å². The van der Waals surface area contributed by atoms with Gasteiger partial charge in [0, 0.05) is 12.1 Å². The molecule has 4 nitrogen and oxygen atoms in total. The Bertz CT molecular complexity index is 905. The molecule has 0 aliphatic heterocycles. The second kappa shape index (κ2) is 8.75. The maximum atomic E-state index is 12.8. The smallest absolute Gasteiger partial charge is 0.252 e. The quantitative estimate of drug-likeness (QED) is 0.632. The zero-order chi connectivity index (χ0) is 19.2. The van der Waals surface area contributed by atoms with Crippen LogP contribution < -0.4 is 5.32 Å². The molecule has 138 valence electrons. The molecular weight excluding hydrogens is 356 g/mol. The van der Waals surface area contributed by atoms with Crippen LogP contribution in [0.3, 0.4) is 0 Å². The summed E-state index contributed by atoms with van der Waals surface area (Å²) in [5.74, 6) is -0.360. The van der Waals surface area contributed by atoms with Gasteiger partial charge in [-0.1, -0.05) is 54.6 Å². The third-order valence-corrected chi connectivity index (χ3v) is 5.29. The van der Waals surface area contributed by atoms with Crippen molar-refractivity contribution in [3.63, 3.8) is 0 Å². The third kappa shape index (κ3) is 4.51. The Labute approximate surface area is 163 Å². The fourth-order valence-electron chi connectivity index (χ4n) is 2.98. The monoisotopic (exact) mass is 378 g/mol. The lowest BCUT2D eigenvalue weighted by molar-refractivity contribution is 0.0932. The van der Waals surface area contributed by atoms with E-state index in [-0.39, 0.29) is 17.7 Å². The van der Waals surface area contributed by atoms with Crippen molar-refractivity contribution in [2.24, 2.45) is 0 Å². The number of likely N-dealkylation sites (N-methyl/N-ethyl adjacent to an activating group) is 1. The van der Waals surface area contributed by atoms with Crippen LogP contribution in [0.4, 0.5) is 0 Å². The topological polar surface area (TPSA) is 49.4 Å². The van der Waals surface area contributed by atoms with E-state index in [9.17, 15) is 9.59 Å². The predicted molar refractivity (Wildman–Crippen MR) is 109 cm³/mol. The molecule has 1 N–H and O–H groups in total. The van der Waals surface area contributed by atoms with Gasteiger partial charge in [0.05, 0.1) is 16.5 Å². The first kappa shape index (κ1) is 19.0. The minimum absolute atomic E-state index is 0.0512. The lowest BCUT2D eigenvalue weighted by Gasteiger charge is -2.25. The van der Waals surface area contributed by atoms with Crippen molar-refractivity contribution in [2.45, 2.75) is 6.04 Å². The maximum absolute atomic E-state index is 12.8. The van der Waals surface area contributed by atoms with Gasteiger partial charge in [0.2, 0.25) is 5.78 Å². The van der Waals surface area contributed by atoms with E-state index in [2.05, 4.69) is 10.2 Å². The first-order valence-corrected chi connectivity index (χ1v) is 9.62. The first-order chi connectivity index (χ1) is 13.1. The molecule has 0 saturated carbocycles. The minimum Gasteiger partial charge on any atom is -0.350 e. The maximum Gasteiger partial charge on any atom is 0.252 e. The molecule has 0 aliphatic carbocycles. The summed E-state index contributed by atoms with van der Waals surface area (Å²) in [6, 6.07) is 20.7. The largest absolute Gasteiger partial charge is 0.350 e. The van der Waals surface area contributed by atoms with E-state index < -0.39 is 0 Å². The van der Waals surface area contributed by atoms with Crippen LogP contribution in [-0.4, -0.2) is 37.2 Å². The molecule has 27 heavy (non-hydrogen) atoms. The van der Waals surface area contributed by atoms with Gasteiger partial charge in [-0.3, -0.25) is 9.59 Å². The Morgan fingerprint density at radius 1 is 0.926 bits per heavy atom. The highest BCUT2D eigenvalue weighted by molar-refractivity contribution is 7.12. The number of benzene rings is 2.